The molecule has 0 spiro atoms. The molecular weight excluding hydrogens is 434 g/mol. The zero-order chi connectivity index (χ0) is 19.2. The van der Waals surface area contributed by atoms with Gasteiger partial charge in [0, 0.05) is 29.4 Å². The number of halogens is 2. The Kier molecular flexibility index (Phi) is 6.74. The van der Waals surface area contributed by atoms with Crippen molar-refractivity contribution in [2.24, 2.45) is 0 Å². The molecule has 27 heavy (non-hydrogen) atoms. The Bertz CT molecular complexity index is 839. The van der Waals surface area contributed by atoms with Crippen molar-refractivity contribution >= 4 is 39.2 Å². The number of hydrogen-bond acceptors (Lipinski definition) is 4. The SMILES string of the molecule is O=C(CCC(=O)c1ccc(Br)cc1)NCCc1cc(Cl)c2c(c1)OCCO2. The van der Waals surface area contributed by atoms with E-state index in [1.54, 1.807) is 12.1 Å². The lowest BCUT2D eigenvalue weighted by Crippen LogP contribution is -2.26. The minimum absolute atomic E-state index is 0.0451. The van der Waals surface area contributed by atoms with Crippen LogP contribution in [0.2, 0.25) is 5.02 Å². The lowest BCUT2D eigenvalue weighted by molar-refractivity contribution is -0.121. The van der Waals surface area contributed by atoms with Gasteiger partial charge in [0.2, 0.25) is 5.91 Å². The fraction of sp³-hybridized carbons (Fsp3) is 0.300. The monoisotopic (exact) mass is 451 g/mol. The topological polar surface area (TPSA) is 64.6 Å². The summed E-state index contributed by atoms with van der Waals surface area (Å²) in [5.41, 5.74) is 1.56. The molecule has 1 heterocycles. The van der Waals surface area contributed by atoms with Crippen LogP contribution in [0.15, 0.2) is 40.9 Å². The molecule has 0 aromatic heterocycles. The summed E-state index contributed by atoms with van der Waals surface area (Å²) in [6.07, 6.45) is 0.961. The molecule has 2 aromatic rings. The maximum absolute atomic E-state index is 12.1. The van der Waals surface area contributed by atoms with E-state index in [1.807, 2.05) is 24.3 Å². The van der Waals surface area contributed by atoms with E-state index in [-0.39, 0.29) is 24.5 Å². The number of nitrogens with one attached hydrogen (secondary N) is 1. The third kappa shape index (κ3) is 5.47. The average Bonchev–Trinajstić information content (AvgIpc) is 2.67. The number of hydrogen-bond donors (Lipinski definition) is 1. The zero-order valence-corrected chi connectivity index (χ0v) is 16.9. The van der Waals surface area contributed by atoms with Gasteiger partial charge in [0.05, 0.1) is 5.02 Å². The second kappa shape index (κ2) is 9.24. The number of amides is 1. The molecule has 1 aliphatic heterocycles. The van der Waals surface area contributed by atoms with E-state index in [9.17, 15) is 9.59 Å². The molecule has 5 nitrogen and oxygen atoms in total. The van der Waals surface area contributed by atoms with Gasteiger partial charge in [0.15, 0.2) is 17.3 Å². The lowest BCUT2D eigenvalue weighted by atomic mass is 10.1. The number of carbonyl (C=O) groups is 2. The quantitative estimate of drug-likeness (QED) is 0.640. The van der Waals surface area contributed by atoms with Crippen LogP contribution in [0.4, 0.5) is 0 Å². The third-order valence-electron chi connectivity index (χ3n) is 4.14. The Hall–Kier alpha value is -2.05. The molecule has 142 valence electrons. The van der Waals surface area contributed by atoms with E-state index in [1.165, 1.54) is 0 Å². The maximum Gasteiger partial charge on any atom is 0.220 e. The number of ketones is 1. The molecule has 0 unspecified atom stereocenters. The standard InChI is InChI=1S/C20H19BrClNO4/c21-15-3-1-14(2-4-15)17(24)5-6-19(25)23-8-7-13-11-16(22)20-18(12-13)26-9-10-27-20/h1-4,11-12H,5-10H2,(H,23,25). The summed E-state index contributed by atoms with van der Waals surface area (Å²) in [5, 5.41) is 3.34. The molecule has 2 aromatic carbocycles. The molecule has 1 amide bonds. The van der Waals surface area contributed by atoms with Crippen LogP contribution >= 0.6 is 27.5 Å². The van der Waals surface area contributed by atoms with Crippen molar-refractivity contribution < 1.29 is 19.1 Å². The van der Waals surface area contributed by atoms with Crippen molar-refractivity contribution in [2.45, 2.75) is 19.3 Å². The first-order valence-electron chi connectivity index (χ1n) is 8.66. The van der Waals surface area contributed by atoms with E-state index in [0.717, 1.165) is 10.0 Å². The Morgan fingerprint density at radius 2 is 1.81 bits per heavy atom. The molecule has 0 saturated carbocycles. The fourth-order valence-electron chi connectivity index (χ4n) is 2.75. The molecule has 0 fully saturated rings. The largest absolute Gasteiger partial charge is 0.486 e. The fourth-order valence-corrected chi connectivity index (χ4v) is 3.30. The highest BCUT2D eigenvalue weighted by Crippen LogP contribution is 2.38. The molecular formula is C20H19BrClNO4. The lowest BCUT2D eigenvalue weighted by Gasteiger charge is -2.20. The summed E-state index contributed by atoms with van der Waals surface area (Å²) >= 11 is 9.54. The van der Waals surface area contributed by atoms with Crippen molar-refractivity contribution in [3.8, 4) is 11.5 Å². The molecule has 0 bridgehead atoms. The molecule has 3 rings (SSSR count). The van der Waals surface area contributed by atoms with Crippen LogP contribution in [0, 0.1) is 0 Å². The molecule has 0 saturated heterocycles. The number of rotatable bonds is 7. The highest BCUT2D eigenvalue weighted by molar-refractivity contribution is 9.10. The Labute approximate surface area is 171 Å². The van der Waals surface area contributed by atoms with Crippen LogP contribution in [0.1, 0.15) is 28.8 Å². The summed E-state index contributed by atoms with van der Waals surface area (Å²) < 4.78 is 12.0. The van der Waals surface area contributed by atoms with Gasteiger partial charge in [-0.25, -0.2) is 0 Å². The van der Waals surface area contributed by atoms with Crippen molar-refractivity contribution in [3.05, 3.63) is 57.0 Å². The van der Waals surface area contributed by atoms with Gasteiger partial charge in [-0.15, -0.1) is 0 Å². The summed E-state index contributed by atoms with van der Waals surface area (Å²) in [7, 11) is 0. The van der Waals surface area contributed by atoms with Crippen LogP contribution in [0.3, 0.4) is 0 Å². The van der Waals surface area contributed by atoms with E-state index in [2.05, 4.69) is 21.2 Å². The van der Waals surface area contributed by atoms with E-state index in [0.29, 0.717) is 48.3 Å². The van der Waals surface area contributed by atoms with Gasteiger partial charge >= 0.3 is 0 Å². The highest BCUT2D eigenvalue weighted by atomic mass is 79.9. The summed E-state index contributed by atoms with van der Waals surface area (Å²) in [5.74, 6) is 1.01. The van der Waals surface area contributed by atoms with Crippen molar-refractivity contribution in [3.63, 3.8) is 0 Å². The zero-order valence-electron chi connectivity index (χ0n) is 14.6. The number of fused-ring (bicyclic) bond motifs is 1. The maximum atomic E-state index is 12.1. The molecule has 1 N–H and O–H groups in total. The van der Waals surface area contributed by atoms with Crippen LogP contribution in [-0.4, -0.2) is 31.4 Å². The van der Waals surface area contributed by atoms with E-state index >= 15 is 0 Å². The third-order valence-corrected chi connectivity index (χ3v) is 4.95. The molecule has 7 heteroatoms. The molecule has 0 aliphatic carbocycles. The van der Waals surface area contributed by atoms with Crippen LogP contribution in [-0.2, 0) is 11.2 Å². The summed E-state index contributed by atoms with van der Waals surface area (Å²) in [6, 6.07) is 10.8. The van der Waals surface area contributed by atoms with Gasteiger partial charge in [-0.2, -0.15) is 0 Å². The molecule has 1 aliphatic rings. The second-order valence-electron chi connectivity index (χ2n) is 6.13. The van der Waals surface area contributed by atoms with E-state index in [4.69, 9.17) is 21.1 Å². The predicted octanol–water partition coefficient (Wildman–Crippen LogP) is 4.20. The first-order valence-corrected chi connectivity index (χ1v) is 9.83. The Morgan fingerprint density at radius 1 is 1.07 bits per heavy atom. The Balaban J connectivity index is 1.44. The Morgan fingerprint density at radius 3 is 2.59 bits per heavy atom. The molecule has 0 radical (unpaired) electrons. The number of carbonyl (C=O) groups excluding carboxylic acids is 2. The van der Waals surface area contributed by atoms with Crippen molar-refractivity contribution in [2.75, 3.05) is 19.8 Å². The van der Waals surface area contributed by atoms with Gasteiger partial charge in [0.25, 0.3) is 0 Å². The highest BCUT2D eigenvalue weighted by Gasteiger charge is 2.16. The smallest absolute Gasteiger partial charge is 0.220 e. The van der Waals surface area contributed by atoms with Gasteiger partial charge in [-0.05, 0) is 36.2 Å². The number of ether oxygens (including phenoxy) is 2. The second-order valence-corrected chi connectivity index (χ2v) is 7.45. The van der Waals surface area contributed by atoms with E-state index < -0.39 is 0 Å². The number of benzene rings is 2. The summed E-state index contributed by atoms with van der Waals surface area (Å²) in [6.45, 7) is 1.44. The first-order chi connectivity index (χ1) is 13.0. The van der Waals surface area contributed by atoms with Gasteiger partial charge in [0.1, 0.15) is 13.2 Å². The van der Waals surface area contributed by atoms with Crippen LogP contribution < -0.4 is 14.8 Å². The van der Waals surface area contributed by atoms with Gasteiger partial charge < -0.3 is 14.8 Å². The summed E-state index contributed by atoms with van der Waals surface area (Å²) in [4.78, 5) is 24.1. The predicted molar refractivity (Wildman–Crippen MR) is 107 cm³/mol. The minimum atomic E-state index is -0.149. The van der Waals surface area contributed by atoms with Gasteiger partial charge in [-0.1, -0.05) is 39.7 Å². The average molecular weight is 453 g/mol. The van der Waals surface area contributed by atoms with Crippen LogP contribution in [0.25, 0.3) is 0 Å². The molecule has 0 atom stereocenters. The minimum Gasteiger partial charge on any atom is -0.486 e. The van der Waals surface area contributed by atoms with Crippen molar-refractivity contribution in [1.29, 1.82) is 0 Å². The normalized spacial score (nSPS) is 12.5. The first kappa shape index (κ1) is 19.7. The van der Waals surface area contributed by atoms with Crippen LogP contribution in [0.5, 0.6) is 11.5 Å². The van der Waals surface area contributed by atoms with Gasteiger partial charge in [-0.3, -0.25) is 9.59 Å². The van der Waals surface area contributed by atoms with Crippen molar-refractivity contribution in [1.82, 2.24) is 5.32 Å². The number of Topliss-reactive ketones (excluding diaryl/α,β-unsaturated/α-hetero) is 1.